The van der Waals surface area contributed by atoms with E-state index in [4.69, 9.17) is 19.0 Å². The Hall–Kier alpha value is -2.59. The minimum absolute atomic E-state index is 0.0400. The van der Waals surface area contributed by atoms with E-state index in [1.165, 1.54) is 6.07 Å². The number of hydroxylamine groups is 1. The summed E-state index contributed by atoms with van der Waals surface area (Å²) >= 11 is 0. The summed E-state index contributed by atoms with van der Waals surface area (Å²) in [7, 11) is 0. The topological polar surface area (TPSA) is 78.5 Å². The minimum Gasteiger partial charge on any atom is -0.486 e. The maximum absolute atomic E-state index is 13.0. The van der Waals surface area contributed by atoms with Crippen molar-refractivity contribution in [2.45, 2.75) is 64.0 Å². The molecule has 1 amide bonds. The van der Waals surface area contributed by atoms with Gasteiger partial charge in [-0.15, -0.1) is 0 Å². The second-order valence-electron chi connectivity index (χ2n) is 9.45. The van der Waals surface area contributed by atoms with Gasteiger partial charge in [0.15, 0.2) is 11.5 Å². The van der Waals surface area contributed by atoms with Crippen LogP contribution in [-0.4, -0.2) is 61.2 Å². The summed E-state index contributed by atoms with van der Waals surface area (Å²) in [6.45, 7) is 4.45. The monoisotopic (exact) mass is 468 g/mol. The number of nitrogens with one attached hydrogen (secondary N) is 1. The van der Waals surface area contributed by atoms with Crippen LogP contribution in [0.1, 0.15) is 45.6 Å². The van der Waals surface area contributed by atoms with Crippen LogP contribution in [0.15, 0.2) is 24.3 Å². The number of carbonyl (C=O) groups excluding carboxylic acids is 1. The predicted octanol–water partition coefficient (Wildman–Crippen LogP) is 4.10. The Labute approximate surface area is 191 Å². The van der Waals surface area contributed by atoms with E-state index in [1.54, 1.807) is 17.0 Å². The molecule has 3 aliphatic heterocycles. The van der Waals surface area contributed by atoms with Gasteiger partial charge >= 0.3 is 12.7 Å². The van der Waals surface area contributed by atoms with Gasteiger partial charge < -0.3 is 23.8 Å². The molecule has 0 bridgehead atoms. The molecule has 33 heavy (non-hydrogen) atoms. The third-order valence-corrected chi connectivity index (χ3v) is 5.65. The Morgan fingerprint density at radius 1 is 1.24 bits per heavy atom. The number of hydrogen-bond acceptors (Lipinski definition) is 7. The first-order valence-corrected chi connectivity index (χ1v) is 11.1. The van der Waals surface area contributed by atoms with Crippen LogP contribution in [0.25, 0.3) is 5.70 Å². The van der Waals surface area contributed by atoms with Gasteiger partial charge in [-0.05, 0) is 45.0 Å². The number of halogens is 2. The molecule has 10 heteroatoms. The van der Waals surface area contributed by atoms with E-state index >= 15 is 0 Å². The number of piperidine rings is 1. The first kappa shape index (κ1) is 23.6. The van der Waals surface area contributed by atoms with Crippen molar-refractivity contribution >= 4 is 11.8 Å². The lowest BCUT2D eigenvalue weighted by molar-refractivity contribution is -0.0527. The molecule has 0 aliphatic carbocycles. The van der Waals surface area contributed by atoms with Crippen molar-refractivity contribution in [2.75, 3.05) is 26.3 Å². The third-order valence-electron chi connectivity index (χ3n) is 5.65. The second-order valence-corrected chi connectivity index (χ2v) is 9.45. The summed E-state index contributed by atoms with van der Waals surface area (Å²) < 4.78 is 47.5. The normalized spacial score (nSPS) is 23.6. The summed E-state index contributed by atoms with van der Waals surface area (Å²) in [4.78, 5) is 19.6. The molecule has 0 aromatic heterocycles. The van der Waals surface area contributed by atoms with Gasteiger partial charge in [0.05, 0.1) is 12.3 Å². The van der Waals surface area contributed by atoms with E-state index in [-0.39, 0.29) is 23.7 Å². The Bertz CT molecular complexity index is 887. The average Bonchev–Trinajstić information content (AvgIpc) is 3.38. The van der Waals surface area contributed by atoms with Gasteiger partial charge in [0, 0.05) is 44.5 Å². The average molecular weight is 468 g/mol. The summed E-state index contributed by atoms with van der Waals surface area (Å²) in [5, 5.41) is 0. The lowest BCUT2D eigenvalue weighted by Gasteiger charge is -2.33. The molecule has 0 saturated carbocycles. The molecule has 182 valence electrons. The molecular weight excluding hydrogens is 438 g/mol. The summed E-state index contributed by atoms with van der Waals surface area (Å²) in [5.41, 5.74) is 3.27. The van der Waals surface area contributed by atoms with Gasteiger partial charge in [-0.25, -0.2) is 4.79 Å². The van der Waals surface area contributed by atoms with Crippen molar-refractivity contribution in [3.05, 3.63) is 29.8 Å². The van der Waals surface area contributed by atoms with Gasteiger partial charge in [-0.3, -0.25) is 10.3 Å². The van der Waals surface area contributed by atoms with Crippen LogP contribution in [0.4, 0.5) is 13.6 Å². The number of hydrogen-bond donors (Lipinski definition) is 1. The van der Waals surface area contributed by atoms with Crippen molar-refractivity contribution in [1.82, 2.24) is 10.4 Å². The number of amides is 1. The number of nitrogens with zero attached hydrogens (tertiary/aromatic N) is 1. The Kier molecular flexibility index (Phi) is 6.67. The molecule has 3 heterocycles. The number of rotatable bonds is 5. The highest BCUT2D eigenvalue weighted by Gasteiger charge is 2.39. The lowest BCUT2D eigenvalue weighted by atomic mass is 10.0. The molecule has 1 atom stereocenters. The van der Waals surface area contributed by atoms with Crippen molar-refractivity contribution in [1.29, 1.82) is 0 Å². The van der Waals surface area contributed by atoms with Gasteiger partial charge in [0.1, 0.15) is 17.3 Å². The molecule has 1 aromatic carbocycles. The van der Waals surface area contributed by atoms with Crippen LogP contribution in [0.2, 0.25) is 0 Å². The van der Waals surface area contributed by atoms with Crippen LogP contribution in [0.3, 0.4) is 0 Å². The highest BCUT2D eigenvalue weighted by atomic mass is 19.3. The summed E-state index contributed by atoms with van der Waals surface area (Å²) in [5.74, 6) is 0.177. The highest BCUT2D eigenvalue weighted by molar-refractivity contribution is 5.69. The predicted molar refractivity (Wildman–Crippen MR) is 115 cm³/mol. The lowest BCUT2D eigenvalue weighted by Crippen LogP contribution is -2.44. The first-order chi connectivity index (χ1) is 15.6. The van der Waals surface area contributed by atoms with Gasteiger partial charge in [-0.1, -0.05) is 0 Å². The number of benzene rings is 1. The molecule has 1 N–H and O–H groups in total. The number of alkyl halides is 2. The zero-order chi connectivity index (χ0) is 23.6. The fraction of sp³-hybridized carbons (Fsp3) is 0.609. The molecule has 1 spiro atoms. The number of likely N-dealkylation sites (tertiary alicyclic amines) is 1. The largest absolute Gasteiger partial charge is 0.486 e. The van der Waals surface area contributed by atoms with Crippen molar-refractivity contribution in [2.24, 2.45) is 0 Å². The fourth-order valence-corrected chi connectivity index (χ4v) is 4.00. The quantitative estimate of drug-likeness (QED) is 0.697. The zero-order valence-electron chi connectivity index (χ0n) is 19.1. The van der Waals surface area contributed by atoms with Crippen molar-refractivity contribution < 1.29 is 37.4 Å². The SMILES string of the molecule is CC(C)(C)OC(=O)N1CCC(Oc2cc(C3=CC4(CCOC4)ON3)ccc2OC(F)F)CC1. The van der Waals surface area contributed by atoms with E-state index in [1.807, 2.05) is 26.8 Å². The molecule has 1 aromatic rings. The van der Waals surface area contributed by atoms with Gasteiger partial charge in [-0.2, -0.15) is 8.78 Å². The van der Waals surface area contributed by atoms with E-state index in [0.29, 0.717) is 44.8 Å². The Balaban J connectivity index is 1.45. The molecular formula is C23H30F2N2O6. The fourth-order valence-electron chi connectivity index (χ4n) is 4.00. The van der Waals surface area contributed by atoms with Crippen LogP contribution in [0.5, 0.6) is 11.5 Å². The van der Waals surface area contributed by atoms with Crippen LogP contribution >= 0.6 is 0 Å². The van der Waals surface area contributed by atoms with Crippen LogP contribution in [-0.2, 0) is 14.3 Å². The maximum Gasteiger partial charge on any atom is 0.410 e. The van der Waals surface area contributed by atoms with E-state index in [9.17, 15) is 13.6 Å². The summed E-state index contributed by atoms with van der Waals surface area (Å²) in [6.07, 6.45) is 3.15. The van der Waals surface area contributed by atoms with Gasteiger partial charge in [0.25, 0.3) is 0 Å². The second kappa shape index (κ2) is 9.34. The highest BCUT2D eigenvalue weighted by Crippen LogP contribution is 2.37. The Morgan fingerprint density at radius 2 is 2.00 bits per heavy atom. The van der Waals surface area contributed by atoms with E-state index in [2.05, 4.69) is 10.2 Å². The molecule has 2 fully saturated rings. The van der Waals surface area contributed by atoms with E-state index < -0.39 is 17.8 Å². The number of carbonyl (C=O) groups is 1. The molecule has 0 radical (unpaired) electrons. The number of ether oxygens (including phenoxy) is 4. The van der Waals surface area contributed by atoms with Crippen LogP contribution in [0, 0.1) is 0 Å². The first-order valence-electron chi connectivity index (χ1n) is 11.1. The molecule has 3 aliphatic rings. The summed E-state index contributed by atoms with van der Waals surface area (Å²) in [6, 6.07) is 4.80. The van der Waals surface area contributed by atoms with Crippen molar-refractivity contribution in [3.8, 4) is 11.5 Å². The van der Waals surface area contributed by atoms with Crippen LogP contribution < -0.4 is 15.0 Å². The Morgan fingerprint density at radius 3 is 2.64 bits per heavy atom. The molecule has 1 unspecified atom stereocenters. The van der Waals surface area contributed by atoms with Crippen molar-refractivity contribution in [3.63, 3.8) is 0 Å². The molecule has 2 saturated heterocycles. The zero-order valence-corrected chi connectivity index (χ0v) is 19.1. The molecule has 8 nitrogen and oxygen atoms in total. The minimum atomic E-state index is -2.97. The maximum atomic E-state index is 13.0. The van der Waals surface area contributed by atoms with Gasteiger partial charge in [0.2, 0.25) is 0 Å². The molecule has 4 rings (SSSR count). The third kappa shape index (κ3) is 5.86. The standard InChI is InChI=1S/C23H30F2N2O6/c1-22(2,3)32-21(28)27-9-6-16(7-10-27)30-19-12-15(4-5-18(19)31-20(24)25)17-13-23(33-26-17)8-11-29-14-23/h4-5,12-13,16,20,26H,6-11,14H2,1-3H3. The smallest absolute Gasteiger partial charge is 0.410 e. The van der Waals surface area contributed by atoms with E-state index in [0.717, 1.165) is 12.0 Å².